The molecule has 0 atom stereocenters. The third kappa shape index (κ3) is 4.02. The molecule has 0 aliphatic heterocycles. The summed E-state index contributed by atoms with van der Waals surface area (Å²) in [6.07, 6.45) is 3.70. The maximum atomic E-state index is 12.4. The second-order valence-corrected chi connectivity index (χ2v) is 7.60. The molecule has 0 unspecified atom stereocenters. The Balaban J connectivity index is 1.81. The summed E-state index contributed by atoms with van der Waals surface area (Å²) >= 11 is 6.59. The molecule has 0 radical (unpaired) electrons. The minimum atomic E-state index is -0.703. The second-order valence-electron chi connectivity index (χ2n) is 6.09. The summed E-state index contributed by atoms with van der Waals surface area (Å²) in [6, 6.07) is 5.60. The highest BCUT2D eigenvalue weighted by atomic mass is 32.1. The molecule has 10 heteroatoms. The number of nitro groups is 1. The number of esters is 1. The van der Waals surface area contributed by atoms with Crippen molar-refractivity contribution in [2.75, 3.05) is 12.4 Å². The van der Waals surface area contributed by atoms with Gasteiger partial charge in [-0.2, -0.15) is 0 Å². The number of anilines is 1. The maximum absolute atomic E-state index is 12.4. The van der Waals surface area contributed by atoms with E-state index in [0.717, 1.165) is 36.1 Å². The molecule has 2 N–H and O–H groups in total. The maximum Gasteiger partial charge on any atom is 0.341 e. The Kier molecular flexibility index (Phi) is 6.00. The number of nitrogens with zero attached hydrogens (tertiary/aromatic N) is 1. The van der Waals surface area contributed by atoms with Gasteiger partial charge in [0, 0.05) is 10.9 Å². The third-order valence-corrected chi connectivity index (χ3v) is 5.77. The van der Waals surface area contributed by atoms with E-state index in [-0.39, 0.29) is 16.4 Å². The molecule has 1 heterocycles. The minimum Gasteiger partial charge on any atom is -0.465 e. The number of ether oxygens (including phenoxy) is 1. The highest BCUT2D eigenvalue weighted by Crippen LogP contribution is 2.38. The first-order valence-corrected chi connectivity index (χ1v) is 9.73. The zero-order chi connectivity index (χ0) is 20.3. The van der Waals surface area contributed by atoms with Crippen molar-refractivity contribution in [3.05, 3.63) is 55.9 Å². The van der Waals surface area contributed by atoms with E-state index in [2.05, 4.69) is 10.6 Å². The third-order valence-electron chi connectivity index (χ3n) is 4.36. The van der Waals surface area contributed by atoms with Crippen molar-refractivity contribution in [1.82, 2.24) is 5.32 Å². The molecular weight excluding hydrogens is 402 g/mol. The Morgan fingerprint density at radius 1 is 1.25 bits per heavy atom. The first-order chi connectivity index (χ1) is 13.4. The van der Waals surface area contributed by atoms with Crippen molar-refractivity contribution in [2.24, 2.45) is 0 Å². The first-order valence-electron chi connectivity index (χ1n) is 8.51. The van der Waals surface area contributed by atoms with E-state index < -0.39 is 16.8 Å². The standard InChI is InChI=1S/C18H17N3O5S2/c1-26-17(23)14-11-7-3-5-9-13(11)28-16(14)20-18(27)19-15(22)10-6-2-4-8-12(10)21(24)25/h2,4,6,8H,3,5,7,9H2,1H3,(H2,19,20,22,27). The molecule has 0 fully saturated rings. The predicted octanol–water partition coefficient (Wildman–Crippen LogP) is 3.45. The SMILES string of the molecule is COC(=O)c1c(NC(=S)NC(=O)c2ccccc2[N+](=O)[O-])sc2c1CCCC2. The lowest BCUT2D eigenvalue weighted by molar-refractivity contribution is -0.385. The molecule has 28 heavy (non-hydrogen) atoms. The average molecular weight is 419 g/mol. The number of aryl methyl sites for hydroxylation is 1. The second kappa shape index (κ2) is 8.44. The lowest BCUT2D eigenvalue weighted by Crippen LogP contribution is -2.34. The summed E-state index contributed by atoms with van der Waals surface area (Å²) in [5.74, 6) is -1.17. The number of rotatable bonds is 4. The van der Waals surface area contributed by atoms with Gasteiger partial charge in [0.25, 0.3) is 11.6 Å². The highest BCUT2D eigenvalue weighted by molar-refractivity contribution is 7.80. The summed E-state index contributed by atoms with van der Waals surface area (Å²) < 4.78 is 4.90. The summed E-state index contributed by atoms with van der Waals surface area (Å²) in [5, 5.41) is 16.9. The monoisotopic (exact) mass is 419 g/mol. The van der Waals surface area contributed by atoms with Gasteiger partial charge in [0.15, 0.2) is 5.11 Å². The van der Waals surface area contributed by atoms with Crippen LogP contribution in [0.2, 0.25) is 0 Å². The van der Waals surface area contributed by atoms with Gasteiger partial charge in [0.2, 0.25) is 0 Å². The molecule has 0 spiro atoms. The number of nitro benzene ring substituents is 1. The van der Waals surface area contributed by atoms with E-state index in [1.165, 1.54) is 42.7 Å². The van der Waals surface area contributed by atoms with Crippen LogP contribution in [0.15, 0.2) is 24.3 Å². The molecule has 1 aliphatic rings. The van der Waals surface area contributed by atoms with Crippen molar-refractivity contribution in [2.45, 2.75) is 25.7 Å². The fourth-order valence-corrected chi connectivity index (χ4v) is 4.64. The zero-order valence-electron chi connectivity index (χ0n) is 14.9. The normalized spacial score (nSPS) is 12.6. The topological polar surface area (TPSA) is 111 Å². The lowest BCUT2D eigenvalue weighted by Gasteiger charge is -2.12. The van der Waals surface area contributed by atoms with Crippen LogP contribution in [0.25, 0.3) is 0 Å². The quantitative estimate of drug-likeness (QED) is 0.338. The molecule has 0 saturated heterocycles. The molecule has 1 aromatic heterocycles. The number of para-hydroxylation sites is 1. The number of carbonyl (C=O) groups is 2. The first kappa shape index (κ1) is 19.9. The van der Waals surface area contributed by atoms with E-state index in [1.807, 2.05) is 0 Å². The fraction of sp³-hybridized carbons (Fsp3) is 0.278. The van der Waals surface area contributed by atoms with Crippen LogP contribution in [0.3, 0.4) is 0 Å². The van der Waals surface area contributed by atoms with Gasteiger partial charge in [0.05, 0.1) is 17.6 Å². The van der Waals surface area contributed by atoms with E-state index in [4.69, 9.17) is 17.0 Å². The number of fused-ring (bicyclic) bond motifs is 1. The molecule has 0 bridgehead atoms. The predicted molar refractivity (Wildman–Crippen MR) is 109 cm³/mol. The van der Waals surface area contributed by atoms with Crippen molar-refractivity contribution < 1.29 is 19.2 Å². The van der Waals surface area contributed by atoms with Crippen LogP contribution in [0.5, 0.6) is 0 Å². The molecule has 1 aromatic carbocycles. The molecule has 0 saturated carbocycles. The van der Waals surface area contributed by atoms with Gasteiger partial charge in [0.1, 0.15) is 10.6 Å². The summed E-state index contributed by atoms with van der Waals surface area (Å²) in [6.45, 7) is 0. The summed E-state index contributed by atoms with van der Waals surface area (Å²) in [4.78, 5) is 36.2. The van der Waals surface area contributed by atoms with Crippen LogP contribution in [-0.4, -0.2) is 29.0 Å². The van der Waals surface area contributed by atoms with Crippen LogP contribution in [0.4, 0.5) is 10.7 Å². The Bertz CT molecular complexity index is 970. The van der Waals surface area contributed by atoms with Gasteiger partial charge in [-0.15, -0.1) is 11.3 Å². The lowest BCUT2D eigenvalue weighted by atomic mass is 9.95. The van der Waals surface area contributed by atoms with Crippen LogP contribution >= 0.6 is 23.6 Å². The van der Waals surface area contributed by atoms with Crippen LogP contribution in [-0.2, 0) is 17.6 Å². The molecule has 1 amide bonds. The van der Waals surface area contributed by atoms with Crippen LogP contribution in [0, 0.1) is 10.1 Å². The van der Waals surface area contributed by atoms with E-state index in [1.54, 1.807) is 0 Å². The van der Waals surface area contributed by atoms with E-state index in [0.29, 0.717) is 10.6 Å². The molecule has 1 aliphatic carbocycles. The van der Waals surface area contributed by atoms with E-state index >= 15 is 0 Å². The summed E-state index contributed by atoms with van der Waals surface area (Å²) in [5.41, 5.74) is 0.975. The number of carbonyl (C=O) groups excluding carboxylic acids is 2. The Labute approximate surface area is 170 Å². The van der Waals surface area contributed by atoms with Gasteiger partial charge in [-0.1, -0.05) is 12.1 Å². The average Bonchev–Trinajstić information content (AvgIpc) is 3.04. The number of hydrogen-bond acceptors (Lipinski definition) is 7. The highest BCUT2D eigenvalue weighted by Gasteiger charge is 2.27. The molecular formula is C18H17N3O5S2. The molecule has 3 rings (SSSR count). The number of amides is 1. The number of hydrogen-bond donors (Lipinski definition) is 2. The van der Waals surface area contributed by atoms with Gasteiger partial charge < -0.3 is 10.1 Å². The minimum absolute atomic E-state index is 0.0492. The van der Waals surface area contributed by atoms with Crippen molar-refractivity contribution in [3.63, 3.8) is 0 Å². The number of nitrogens with one attached hydrogen (secondary N) is 2. The molecule has 2 aromatic rings. The smallest absolute Gasteiger partial charge is 0.341 e. The number of benzene rings is 1. The van der Waals surface area contributed by atoms with Gasteiger partial charge in [-0.25, -0.2) is 4.79 Å². The number of thiophene rings is 1. The van der Waals surface area contributed by atoms with Gasteiger partial charge in [-0.05, 0) is 49.5 Å². The van der Waals surface area contributed by atoms with Crippen molar-refractivity contribution in [1.29, 1.82) is 0 Å². The van der Waals surface area contributed by atoms with E-state index in [9.17, 15) is 19.7 Å². The zero-order valence-corrected chi connectivity index (χ0v) is 16.6. The van der Waals surface area contributed by atoms with Crippen LogP contribution < -0.4 is 10.6 Å². The molecule has 146 valence electrons. The van der Waals surface area contributed by atoms with Crippen molar-refractivity contribution >= 4 is 51.2 Å². The Morgan fingerprint density at radius 2 is 1.96 bits per heavy atom. The molecule has 8 nitrogen and oxygen atoms in total. The van der Waals surface area contributed by atoms with Crippen LogP contribution in [0.1, 0.15) is 44.0 Å². The number of methoxy groups -OCH3 is 1. The van der Waals surface area contributed by atoms with Gasteiger partial charge in [-0.3, -0.25) is 20.2 Å². The fourth-order valence-electron chi connectivity index (χ4n) is 3.10. The largest absolute Gasteiger partial charge is 0.465 e. The Hall–Kier alpha value is -2.85. The van der Waals surface area contributed by atoms with Gasteiger partial charge >= 0.3 is 5.97 Å². The summed E-state index contributed by atoms with van der Waals surface area (Å²) in [7, 11) is 1.31. The Morgan fingerprint density at radius 3 is 2.68 bits per heavy atom. The number of thiocarbonyl (C=S) groups is 1. The van der Waals surface area contributed by atoms with Crippen molar-refractivity contribution in [3.8, 4) is 0 Å².